The fraction of sp³-hybridized carbons (Fsp3) is 0.308. The lowest BCUT2D eigenvalue weighted by molar-refractivity contribution is 0.470. The third kappa shape index (κ3) is 1.47. The molecular weight excluding hydrogens is 216 g/mol. The van der Waals surface area contributed by atoms with Crippen LogP contribution < -0.4 is 5.73 Å². The quantitative estimate of drug-likeness (QED) is 0.817. The average molecular weight is 230 g/mol. The van der Waals surface area contributed by atoms with Gasteiger partial charge >= 0.3 is 0 Å². The van der Waals surface area contributed by atoms with Gasteiger partial charge in [0.05, 0.1) is 5.54 Å². The van der Waals surface area contributed by atoms with Crippen LogP contribution in [-0.2, 0) is 18.4 Å². The Hall–Kier alpha value is -1.19. The predicted molar refractivity (Wildman–Crippen MR) is 66.6 cm³/mol. The first-order chi connectivity index (χ1) is 7.67. The maximum absolute atomic E-state index is 6.49. The molecule has 1 aromatic carbocycles. The Morgan fingerprint density at radius 2 is 1.88 bits per heavy atom. The molecule has 0 saturated heterocycles. The van der Waals surface area contributed by atoms with Crippen LogP contribution in [-0.4, -0.2) is 4.98 Å². The highest BCUT2D eigenvalue weighted by Gasteiger charge is 2.37. The van der Waals surface area contributed by atoms with E-state index in [-0.39, 0.29) is 5.54 Å². The maximum Gasteiger partial charge on any atom is 0.113 e. The number of rotatable bonds is 1. The molecular formula is C13H14N2S. The highest BCUT2D eigenvalue weighted by molar-refractivity contribution is 7.11. The van der Waals surface area contributed by atoms with Gasteiger partial charge in [0.15, 0.2) is 0 Å². The summed E-state index contributed by atoms with van der Waals surface area (Å²) in [7, 11) is 0. The zero-order chi connectivity index (χ0) is 11.2. The van der Waals surface area contributed by atoms with Crippen molar-refractivity contribution in [2.24, 2.45) is 5.73 Å². The minimum absolute atomic E-state index is 0.275. The second-order valence-corrected chi connectivity index (χ2v) is 5.79. The Kier molecular flexibility index (Phi) is 2.13. The third-order valence-electron chi connectivity index (χ3n) is 3.18. The lowest BCUT2D eigenvalue weighted by atomic mass is 9.98. The average Bonchev–Trinajstić information content (AvgIpc) is 2.81. The summed E-state index contributed by atoms with van der Waals surface area (Å²) in [4.78, 5) is 5.68. The number of aryl methyl sites for hydroxylation is 1. The summed E-state index contributed by atoms with van der Waals surface area (Å²) < 4.78 is 0. The zero-order valence-corrected chi connectivity index (χ0v) is 10.1. The molecule has 1 aromatic heterocycles. The molecule has 1 heterocycles. The molecule has 0 atom stereocenters. The highest BCUT2D eigenvalue weighted by Crippen LogP contribution is 2.37. The van der Waals surface area contributed by atoms with E-state index in [1.54, 1.807) is 11.3 Å². The van der Waals surface area contributed by atoms with Crippen LogP contribution in [0.3, 0.4) is 0 Å². The first kappa shape index (κ1) is 10.00. The summed E-state index contributed by atoms with van der Waals surface area (Å²) in [5.41, 5.74) is 8.96. The summed E-state index contributed by atoms with van der Waals surface area (Å²) in [6.45, 7) is 2.08. The van der Waals surface area contributed by atoms with Crippen molar-refractivity contribution in [3.63, 3.8) is 0 Å². The molecule has 2 N–H and O–H groups in total. The number of nitrogens with zero attached hydrogens (tertiary/aromatic N) is 1. The molecule has 0 fully saturated rings. The Morgan fingerprint density at radius 1 is 1.25 bits per heavy atom. The van der Waals surface area contributed by atoms with Gasteiger partial charge in [-0.25, -0.2) is 4.98 Å². The molecule has 0 bridgehead atoms. The van der Waals surface area contributed by atoms with E-state index in [0.29, 0.717) is 0 Å². The molecule has 0 unspecified atom stereocenters. The summed E-state index contributed by atoms with van der Waals surface area (Å²) in [6, 6.07) is 8.50. The van der Waals surface area contributed by atoms with Crippen molar-refractivity contribution in [3.8, 4) is 0 Å². The van der Waals surface area contributed by atoms with Crippen LogP contribution in [0.15, 0.2) is 30.5 Å². The van der Waals surface area contributed by atoms with Crippen molar-refractivity contribution in [2.75, 3.05) is 0 Å². The minimum Gasteiger partial charge on any atom is -0.319 e. The van der Waals surface area contributed by atoms with Gasteiger partial charge in [0.2, 0.25) is 0 Å². The van der Waals surface area contributed by atoms with Gasteiger partial charge in [-0.2, -0.15) is 0 Å². The molecule has 0 amide bonds. The van der Waals surface area contributed by atoms with Crippen molar-refractivity contribution >= 4 is 11.3 Å². The number of hydrogen-bond donors (Lipinski definition) is 1. The largest absolute Gasteiger partial charge is 0.319 e. The van der Waals surface area contributed by atoms with Crippen LogP contribution in [0.2, 0.25) is 0 Å². The maximum atomic E-state index is 6.49. The molecule has 3 heteroatoms. The molecule has 16 heavy (non-hydrogen) atoms. The van der Waals surface area contributed by atoms with Crippen molar-refractivity contribution in [3.05, 3.63) is 51.5 Å². The van der Waals surface area contributed by atoms with E-state index in [4.69, 9.17) is 5.73 Å². The van der Waals surface area contributed by atoms with Crippen LogP contribution in [0.25, 0.3) is 0 Å². The zero-order valence-electron chi connectivity index (χ0n) is 9.23. The monoisotopic (exact) mass is 230 g/mol. The van der Waals surface area contributed by atoms with Gasteiger partial charge in [0, 0.05) is 11.1 Å². The smallest absolute Gasteiger partial charge is 0.113 e. The number of aromatic nitrogens is 1. The normalized spacial score (nSPS) is 17.4. The number of thiazole rings is 1. The Morgan fingerprint density at radius 3 is 2.38 bits per heavy atom. The third-order valence-corrected chi connectivity index (χ3v) is 4.31. The van der Waals surface area contributed by atoms with E-state index >= 15 is 0 Å². The van der Waals surface area contributed by atoms with Gasteiger partial charge < -0.3 is 5.73 Å². The van der Waals surface area contributed by atoms with Crippen LogP contribution >= 0.6 is 11.3 Å². The summed E-state index contributed by atoms with van der Waals surface area (Å²) in [5.74, 6) is 0. The first-order valence-electron chi connectivity index (χ1n) is 5.46. The number of fused-ring (bicyclic) bond motifs is 1. The van der Waals surface area contributed by atoms with Crippen LogP contribution in [0.1, 0.15) is 21.0 Å². The molecule has 0 radical (unpaired) electrons. The molecule has 0 spiro atoms. The van der Waals surface area contributed by atoms with E-state index in [0.717, 1.165) is 17.8 Å². The van der Waals surface area contributed by atoms with E-state index in [2.05, 4.69) is 36.2 Å². The van der Waals surface area contributed by atoms with Gasteiger partial charge in [0.25, 0.3) is 0 Å². The number of benzene rings is 1. The summed E-state index contributed by atoms with van der Waals surface area (Å²) in [5, 5.41) is 1.07. The molecule has 1 aliphatic rings. The van der Waals surface area contributed by atoms with Gasteiger partial charge in [0.1, 0.15) is 5.01 Å². The molecule has 82 valence electrons. The summed E-state index contributed by atoms with van der Waals surface area (Å²) >= 11 is 1.72. The molecule has 2 aromatic rings. The fourth-order valence-corrected chi connectivity index (χ4v) is 3.24. The number of hydrogen-bond acceptors (Lipinski definition) is 3. The van der Waals surface area contributed by atoms with Crippen LogP contribution in [0.5, 0.6) is 0 Å². The van der Waals surface area contributed by atoms with Crippen LogP contribution in [0.4, 0.5) is 0 Å². The van der Waals surface area contributed by atoms with Crippen molar-refractivity contribution in [1.82, 2.24) is 4.98 Å². The lowest BCUT2D eigenvalue weighted by Gasteiger charge is -2.20. The van der Waals surface area contributed by atoms with E-state index in [9.17, 15) is 0 Å². The standard InChI is InChI=1S/C13H14N2S/c1-9-8-15-12(16-9)13(14)6-10-4-2-3-5-11(10)7-13/h2-5,8H,6-7,14H2,1H3. The lowest BCUT2D eigenvalue weighted by Crippen LogP contribution is -2.37. The van der Waals surface area contributed by atoms with Gasteiger partial charge in [-0.15, -0.1) is 11.3 Å². The van der Waals surface area contributed by atoms with E-state index in [1.807, 2.05) is 6.20 Å². The Balaban J connectivity index is 2.00. The number of nitrogens with two attached hydrogens (primary N) is 1. The minimum atomic E-state index is -0.275. The SMILES string of the molecule is Cc1cnc(C2(N)Cc3ccccc3C2)s1. The fourth-order valence-electron chi connectivity index (χ4n) is 2.38. The molecule has 0 saturated carbocycles. The Labute approximate surface area is 99.1 Å². The highest BCUT2D eigenvalue weighted by atomic mass is 32.1. The van der Waals surface area contributed by atoms with E-state index in [1.165, 1.54) is 16.0 Å². The molecule has 3 rings (SSSR count). The van der Waals surface area contributed by atoms with Gasteiger partial charge in [-0.3, -0.25) is 0 Å². The second kappa shape index (κ2) is 3.40. The van der Waals surface area contributed by atoms with Crippen molar-refractivity contribution in [1.29, 1.82) is 0 Å². The molecule has 2 nitrogen and oxygen atoms in total. The van der Waals surface area contributed by atoms with Gasteiger partial charge in [-0.1, -0.05) is 24.3 Å². The molecule has 1 aliphatic carbocycles. The van der Waals surface area contributed by atoms with Gasteiger partial charge in [-0.05, 0) is 30.9 Å². The Bertz CT molecular complexity index is 505. The van der Waals surface area contributed by atoms with Crippen molar-refractivity contribution in [2.45, 2.75) is 25.3 Å². The second-order valence-electron chi connectivity index (χ2n) is 4.55. The van der Waals surface area contributed by atoms with E-state index < -0.39 is 0 Å². The van der Waals surface area contributed by atoms with Crippen molar-refractivity contribution < 1.29 is 0 Å². The summed E-state index contributed by atoms with van der Waals surface area (Å²) in [6.07, 6.45) is 3.74. The first-order valence-corrected chi connectivity index (χ1v) is 6.28. The van der Waals surface area contributed by atoms with Crippen LogP contribution in [0, 0.1) is 6.92 Å². The topological polar surface area (TPSA) is 38.9 Å². The molecule has 0 aliphatic heterocycles. The predicted octanol–water partition coefficient (Wildman–Crippen LogP) is 2.40.